The van der Waals surface area contributed by atoms with E-state index < -0.39 is 0 Å². The number of fused-ring (bicyclic) bond motifs is 2. The predicted octanol–water partition coefficient (Wildman–Crippen LogP) is 4.41. The highest BCUT2D eigenvalue weighted by Gasteiger charge is 2.32. The Bertz CT molecular complexity index is 1300. The summed E-state index contributed by atoms with van der Waals surface area (Å²) in [4.78, 5) is 4.53. The Morgan fingerprint density at radius 1 is 1.06 bits per heavy atom. The molecule has 0 amide bonds. The molecule has 0 spiro atoms. The standard InChI is InChI=1S/C25H21N3O3/c1-30-19-10-7-17(8-11-19)22-20-12-9-18(29)13-21(20)31-25-23(22)24(26)28(15-27-25)14-16-5-3-2-4-6-16/h2-13,15,22,26,29H,14H2,1H3/t22-/m1/s1. The van der Waals surface area contributed by atoms with Gasteiger partial charge in [0.1, 0.15) is 29.1 Å². The predicted molar refractivity (Wildman–Crippen MR) is 116 cm³/mol. The average molecular weight is 411 g/mol. The maximum Gasteiger partial charge on any atom is 0.228 e. The van der Waals surface area contributed by atoms with Gasteiger partial charge in [-0.05, 0) is 29.3 Å². The molecule has 5 rings (SSSR count). The number of aromatic hydroxyl groups is 1. The molecule has 4 aromatic rings. The Balaban J connectivity index is 1.68. The molecule has 6 nitrogen and oxygen atoms in total. The van der Waals surface area contributed by atoms with Crippen LogP contribution in [0.3, 0.4) is 0 Å². The summed E-state index contributed by atoms with van der Waals surface area (Å²) in [6.45, 7) is 0.539. The highest BCUT2D eigenvalue weighted by atomic mass is 16.5. The van der Waals surface area contributed by atoms with E-state index in [9.17, 15) is 5.11 Å². The van der Waals surface area contributed by atoms with E-state index in [1.807, 2.05) is 65.2 Å². The summed E-state index contributed by atoms with van der Waals surface area (Å²) in [5, 5.41) is 19.0. The van der Waals surface area contributed by atoms with E-state index in [0.717, 1.165) is 22.4 Å². The minimum Gasteiger partial charge on any atom is -0.508 e. The summed E-state index contributed by atoms with van der Waals surface area (Å²) in [6, 6.07) is 22.9. The van der Waals surface area contributed by atoms with Gasteiger partial charge < -0.3 is 19.1 Å². The number of hydrogen-bond donors (Lipinski definition) is 2. The van der Waals surface area contributed by atoms with E-state index in [4.69, 9.17) is 14.9 Å². The fraction of sp³-hybridized carbons (Fsp3) is 0.120. The molecule has 0 fully saturated rings. The van der Waals surface area contributed by atoms with Crippen molar-refractivity contribution < 1.29 is 14.6 Å². The zero-order chi connectivity index (χ0) is 21.4. The van der Waals surface area contributed by atoms with Crippen molar-refractivity contribution in [3.05, 3.63) is 107 Å². The molecule has 1 atom stereocenters. The number of phenols is 1. The molecule has 0 radical (unpaired) electrons. The lowest BCUT2D eigenvalue weighted by molar-refractivity contribution is 0.412. The second kappa shape index (κ2) is 7.65. The first kappa shape index (κ1) is 18.9. The minimum absolute atomic E-state index is 0.122. The number of benzene rings is 3. The van der Waals surface area contributed by atoms with Gasteiger partial charge in [-0.25, -0.2) is 4.98 Å². The van der Waals surface area contributed by atoms with Gasteiger partial charge >= 0.3 is 0 Å². The number of methoxy groups -OCH3 is 1. The first-order valence-electron chi connectivity index (χ1n) is 9.96. The van der Waals surface area contributed by atoms with Gasteiger partial charge in [0.05, 0.1) is 19.2 Å². The Labute approximate surface area is 179 Å². The van der Waals surface area contributed by atoms with E-state index in [1.165, 1.54) is 0 Å². The third-order valence-electron chi connectivity index (χ3n) is 5.54. The van der Waals surface area contributed by atoms with Crippen LogP contribution >= 0.6 is 0 Å². The van der Waals surface area contributed by atoms with Gasteiger partial charge in [0.25, 0.3) is 0 Å². The van der Waals surface area contributed by atoms with Crippen molar-refractivity contribution in [2.24, 2.45) is 0 Å². The van der Waals surface area contributed by atoms with Crippen LogP contribution in [-0.2, 0) is 6.54 Å². The quantitative estimate of drug-likeness (QED) is 0.459. The van der Waals surface area contributed by atoms with Gasteiger partial charge in [0, 0.05) is 17.5 Å². The molecule has 154 valence electrons. The molecular weight excluding hydrogens is 390 g/mol. The number of nitrogens with zero attached hydrogens (tertiary/aromatic N) is 2. The fourth-order valence-electron chi connectivity index (χ4n) is 4.00. The largest absolute Gasteiger partial charge is 0.508 e. The van der Waals surface area contributed by atoms with Gasteiger partial charge in [-0.1, -0.05) is 48.5 Å². The molecule has 31 heavy (non-hydrogen) atoms. The normalized spacial score (nSPS) is 14.3. The van der Waals surface area contributed by atoms with Crippen LogP contribution in [0.1, 0.15) is 28.2 Å². The second-order valence-corrected chi connectivity index (χ2v) is 7.46. The van der Waals surface area contributed by atoms with Gasteiger partial charge in [-0.2, -0.15) is 0 Å². The summed E-state index contributed by atoms with van der Waals surface area (Å²) in [5.74, 6) is 1.55. The highest BCUT2D eigenvalue weighted by molar-refractivity contribution is 5.57. The number of phenolic OH excluding ortho intramolecular Hbond substituents is 1. The highest BCUT2D eigenvalue weighted by Crippen LogP contribution is 2.46. The second-order valence-electron chi connectivity index (χ2n) is 7.46. The first-order valence-corrected chi connectivity index (χ1v) is 9.96. The van der Waals surface area contributed by atoms with Gasteiger partial charge in [-0.15, -0.1) is 0 Å². The SMILES string of the molecule is COc1ccc([C@@H]2c3ccc(O)cc3Oc3ncn(Cc4ccccc4)c(=N)c32)cc1. The van der Waals surface area contributed by atoms with Crippen LogP contribution in [0.25, 0.3) is 0 Å². The number of aromatic nitrogens is 2. The van der Waals surface area contributed by atoms with Crippen LogP contribution in [0.15, 0.2) is 79.1 Å². The molecule has 6 heteroatoms. The zero-order valence-corrected chi connectivity index (χ0v) is 16.9. The summed E-state index contributed by atoms with van der Waals surface area (Å²) >= 11 is 0. The van der Waals surface area contributed by atoms with Gasteiger partial charge in [0.15, 0.2) is 0 Å². The maximum absolute atomic E-state index is 9.97. The van der Waals surface area contributed by atoms with E-state index in [1.54, 1.807) is 25.6 Å². The number of hydrogen-bond acceptors (Lipinski definition) is 5. The smallest absolute Gasteiger partial charge is 0.228 e. The van der Waals surface area contributed by atoms with Crippen molar-refractivity contribution in [1.82, 2.24) is 9.55 Å². The molecule has 0 unspecified atom stereocenters. The van der Waals surface area contributed by atoms with Crippen LogP contribution < -0.4 is 15.0 Å². The molecule has 1 aliphatic heterocycles. The van der Waals surface area contributed by atoms with Crippen molar-refractivity contribution in [2.45, 2.75) is 12.5 Å². The van der Waals surface area contributed by atoms with E-state index >= 15 is 0 Å². The van der Waals surface area contributed by atoms with Crippen molar-refractivity contribution in [3.8, 4) is 23.1 Å². The maximum atomic E-state index is 9.97. The molecule has 0 saturated heterocycles. The molecule has 2 N–H and O–H groups in total. The summed E-state index contributed by atoms with van der Waals surface area (Å²) < 4.78 is 13.1. The summed E-state index contributed by atoms with van der Waals surface area (Å²) in [6.07, 6.45) is 1.63. The lowest BCUT2D eigenvalue weighted by Gasteiger charge is -2.28. The number of nitrogens with one attached hydrogen (secondary N) is 1. The lowest BCUT2D eigenvalue weighted by Crippen LogP contribution is -2.30. The van der Waals surface area contributed by atoms with Crippen molar-refractivity contribution in [2.75, 3.05) is 7.11 Å². The topological polar surface area (TPSA) is 80.4 Å². The summed E-state index contributed by atoms with van der Waals surface area (Å²) in [7, 11) is 1.63. The Kier molecular flexibility index (Phi) is 4.67. The van der Waals surface area contributed by atoms with Crippen LogP contribution in [0.4, 0.5) is 0 Å². The molecule has 0 bridgehead atoms. The Morgan fingerprint density at radius 3 is 2.58 bits per heavy atom. The van der Waals surface area contributed by atoms with Crippen LogP contribution in [0.2, 0.25) is 0 Å². The van der Waals surface area contributed by atoms with Crippen LogP contribution in [0.5, 0.6) is 23.1 Å². The van der Waals surface area contributed by atoms with Crippen molar-refractivity contribution in [1.29, 1.82) is 5.41 Å². The molecule has 1 aliphatic rings. The average Bonchev–Trinajstić information content (AvgIpc) is 2.80. The third kappa shape index (κ3) is 3.42. The van der Waals surface area contributed by atoms with Gasteiger partial charge in [-0.3, -0.25) is 5.41 Å². The Morgan fingerprint density at radius 2 is 1.84 bits per heavy atom. The fourth-order valence-corrected chi connectivity index (χ4v) is 4.00. The monoisotopic (exact) mass is 411 g/mol. The number of rotatable bonds is 4. The molecule has 1 aromatic heterocycles. The van der Waals surface area contributed by atoms with Crippen LogP contribution in [0, 0.1) is 5.41 Å². The molecular formula is C25H21N3O3. The van der Waals surface area contributed by atoms with E-state index in [0.29, 0.717) is 29.2 Å². The summed E-state index contributed by atoms with van der Waals surface area (Å²) in [5.41, 5.74) is 3.99. The van der Waals surface area contributed by atoms with Crippen LogP contribution in [-0.4, -0.2) is 21.8 Å². The third-order valence-corrected chi connectivity index (χ3v) is 5.54. The minimum atomic E-state index is -0.256. The Hall–Kier alpha value is -4.06. The van der Waals surface area contributed by atoms with E-state index in [2.05, 4.69) is 4.98 Å². The molecule has 0 aliphatic carbocycles. The molecule has 0 saturated carbocycles. The van der Waals surface area contributed by atoms with Crippen molar-refractivity contribution in [3.63, 3.8) is 0 Å². The lowest BCUT2D eigenvalue weighted by atomic mass is 9.84. The van der Waals surface area contributed by atoms with E-state index in [-0.39, 0.29) is 11.7 Å². The molecule has 2 heterocycles. The number of ether oxygens (including phenoxy) is 2. The zero-order valence-electron chi connectivity index (χ0n) is 16.9. The van der Waals surface area contributed by atoms with Crippen molar-refractivity contribution >= 4 is 0 Å². The first-order chi connectivity index (χ1) is 15.1. The molecule has 3 aromatic carbocycles. The van der Waals surface area contributed by atoms with Gasteiger partial charge in [0.2, 0.25) is 5.88 Å².